The van der Waals surface area contributed by atoms with Crippen LogP contribution in [0.25, 0.3) is 22.3 Å². The second-order valence-corrected chi connectivity index (χ2v) is 10.5. The number of unbranched alkanes of at least 4 members (excludes halogenated alkanes) is 5. The fourth-order valence-corrected chi connectivity index (χ4v) is 4.25. The van der Waals surface area contributed by atoms with E-state index >= 15 is 0 Å². The molecule has 0 saturated carbocycles. The van der Waals surface area contributed by atoms with Crippen LogP contribution < -0.4 is 10.2 Å². The Labute approximate surface area is 237 Å². The predicted molar refractivity (Wildman–Crippen MR) is 158 cm³/mol. The Hall–Kier alpha value is -3.46. The van der Waals surface area contributed by atoms with Gasteiger partial charge < -0.3 is 23.9 Å². The summed E-state index contributed by atoms with van der Waals surface area (Å²) in [5.41, 5.74) is 1.47. The lowest BCUT2D eigenvalue weighted by atomic mass is 10.1. The fraction of sp³-hybridized carbons (Fsp3) is 0.548. The van der Waals surface area contributed by atoms with E-state index < -0.39 is 11.4 Å². The summed E-state index contributed by atoms with van der Waals surface area (Å²) in [6, 6.07) is 7.13. The molecule has 0 fully saturated rings. The van der Waals surface area contributed by atoms with E-state index in [1.54, 1.807) is 11.7 Å². The van der Waals surface area contributed by atoms with Crippen LogP contribution in [0.1, 0.15) is 83.0 Å². The molecule has 4 rings (SSSR count). The summed E-state index contributed by atoms with van der Waals surface area (Å²) in [6.07, 6.45) is 9.22. The van der Waals surface area contributed by atoms with Crippen molar-refractivity contribution in [3.05, 3.63) is 46.2 Å². The molecule has 0 saturated heterocycles. The molecule has 2 aromatic heterocycles. The Morgan fingerprint density at radius 2 is 1.80 bits per heavy atom. The molecule has 0 spiro atoms. The molecule has 0 aliphatic carbocycles. The monoisotopic (exact) mass is 555 g/mol. The van der Waals surface area contributed by atoms with E-state index in [9.17, 15) is 19.5 Å². The molecule has 1 aliphatic rings. The van der Waals surface area contributed by atoms with E-state index in [4.69, 9.17) is 14.6 Å². The van der Waals surface area contributed by atoms with Crippen LogP contribution in [-0.2, 0) is 22.6 Å². The van der Waals surface area contributed by atoms with E-state index in [1.165, 1.54) is 12.3 Å². The SMILES string of the molecule is CC(C)C.CCCOC.O=CCCCCCCCOc1cccc2c3n(nc12)CCn1cc(C(=O)O)c(=O)cc1-3. The van der Waals surface area contributed by atoms with Gasteiger partial charge in [-0.2, -0.15) is 5.10 Å². The van der Waals surface area contributed by atoms with Crippen molar-refractivity contribution < 1.29 is 24.2 Å². The van der Waals surface area contributed by atoms with Gasteiger partial charge in [0.05, 0.1) is 24.5 Å². The van der Waals surface area contributed by atoms with Crippen molar-refractivity contribution >= 4 is 23.2 Å². The first kappa shape index (κ1) is 32.8. The standard InChI is InChI=1S/C23H25N3O5.C4H10O.C4H10/c27-12-5-3-1-2-4-6-13-31-20-9-7-8-16-21(20)24-26-11-10-25-15-17(23(29)30)19(28)14-18(25)22(16)26;1-3-4-5-2;1-4(2)3/h7-9,12,14-15H,1-6,10-11,13H2,(H,29,30);3-4H2,1-2H3;4H,1-3H3. The van der Waals surface area contributed by atoms with Crippen molar-refractivity contribution in [2.24, 2.45) is 5.92 Å². The molecule has 0 atom stereocenters. The first-order valence-corrected chi connectivity index (χ1v) is 14.3. The number of ether oxygens (including phenoxy) is 2. The van der Waals surface area contributed by atoms with E-state index in [0.717, 1.165) is 73.9 Å². The molecule has 1 aliphatic heterocycles. The van der Waals surface area contributed by atoms with E-state index in [-0.39, 0.29) is 5.56 Å². The lowest BCUT2D eigenvalue weighted by molar-refractivity contribution is -0.107. The predicted octanol–water partition coefficient (Wildman–Crippen LogP) is 6.20. The summed E-state index contributed by atoms with van der Waals surface area (Å²) >= 11 is 0. The van der Waals surface area contributed by atoms with Crippen molar-refractivity contribution in [3.8, 4) is 17.1 Å². The second kappa shape index (κ2) is 17.3. The van der Waals surface area contributed by atoms with Gasteiger partial charge in [0.1, 0.15) is 23.1 Å². The largest absolute Gasteiger partial charge is 0.491 e. The summed E-state index contributed by atoms with van der Waals surface area (Å²) < 4.78 is 14.4. The van der Waals surface area contributed by atoms with Crippen LogP contribution in [0.5, 0.6) is 5.75 Å². The number of aldehydes is 1. The quantitative estimate of drug-likeness (QED) is 0.209. The molecule has 0 amide bonds. The molecule has 1 aromatic carbocycles. The number of aromatic nitrogens is 3. The van der Waals surface area contributed by atoms with Gasteiger partial charge in [-0.3, -0.25) is 9.48 Å². The number of nitrogens with zero attached hydrogens (tertiary/aromatic N) is 3. The Kier molecular flexibility index (Phi) is 14.1. The molecule has 40 heavy (non-hydrogen) atoms. The van der Waals surface area contributed by atoms with E-state index in [2.05, 4.69) is 27.7 Å². The first-order chi connectivity index (χ1) is 19.2. The van der Waals surface area contributed by atoms with Gasteiger partial charge in [0.2, 0.25) is 0 Å². The minimum absolute atomic E-state index is 0.226. The Morgan fingerprint density at radius 1 is 1.10 bits per heavy atom. The maximum absolute atomic E-state index is 12.3. The zero-order valence-corrected chi connectivity index (χ0v) is 24.6. The molecular formula is C31H45N3O6. The Balaban J connectivity index is 0.000000543. The smallest absolute Gasteiger partial charge is 0.341 e. The normalized spacial score (nSPS) is 11.6. The zero-order valence-electron chi connectivity index (χ0n) is 24.6. The highest BCUT2D eigenvalue weighted by atomic mass is 16.5. The molecule has 0 unspecified atom stereocenters. The van der Waals surface area contributed by atoms with Crippen molar-refractivity contribution in [1.82, 2.24) is 14.3 Å². The van der Waals surface area contributed by atoms with Gasteiger partial charge >= 0.3 is 5.97 Å². The maximum atomic E-state index is 12.3. The number of carbonyl (C=O) groups excluding carboxylic acids is 1. The van der Waals surface area contributed by atoms with Gasteiger partial charge in [-0.1, -0.05) is 59.1 Å². The molecule has 3 heterocycles. The molecule has 3 aromatic rings. The van der Waals surface area contributed by atoms with Crippen molar-refractivity contribution in [3.63, 3.8) is 0 Å². The van der Waals surface area contributed by atoms with Gasteiger partial charge in [0, 0.05) is 44.3 Å². The minimum atomic E-state index is -1.22. The summed E-state index contributed by atoms with van der Waals surface area (Å²) in [5, 5.41) is 14.8. The molecular weight excluding hydrogens is 510 g/mol. The van der Waals surface area contributed by atoms with Crippen LogP contribution in [0.4, 0.5) is 0 Å². The van der Waals surface area contributed by atoms with Gasteiger partial charge in [-0.15, -0.1) is 0 Å². The Bertz CT molecular complexity index is 1270. The lowest BCUT2D eigenvalue weighted by Gasteiger charge is -2.21. The van der Waals surface area contributed by atoms with Crippen LogP contribution in [-0.4, -0.2) is 52.0 Å². The number of rotatable bonds is 12. The highest BCUT2D eigenvalue weighted by Crippen LogP contribution is 2.35. The molecule has 0 radical (unpaired) electrons. The average Bonchev–Trinajstić information content (AvgIpc) is 3.30. The van der Waals surface area contributed by atoms with E-state index in [0.29, 0.717) is 37.6 Å². The van der Waals surface area contributed by atoms with Crippen LogP contribution in [0, 0.1) is 5.92 Å². The number of carbonyl (C=O) groups is 2. The van der Waals surface area contributed by atoms with Crippen LogP contribution in [0.15, 0.2) is 35.3 Å². The van der Waals surface area contributed by atoms with Crippen molar-refractivity contribution in [2.75, 3.05) is 20.3 Å². The number of carboxylic acids is 1. The minimum Gasteiger partial charge on any atom is -0.491 e. The summed E-state index contributed by atoms with van der Waals surface area (Å²) in [4.78, 5) is 33.9. The first-order valence-electron chi connectivity index (χ1n) is 14.3. The number of hydrogen-bond donors (Lipinski definition) is 1. The third kappa shape index (κ3) is 9.62. The summed E-state index contributed by atoms with van der Waals surface area (Å²) in [7, 11) is 1.71. The van der Waals surface area contributed by atoms with Gasteiger partial charge in [0.25, 0.3) is 0 Å². The number of benzene rings is 1. The topological polar surface area (TPSA) is 113 Å². The second-order valence-electron chi connectivity index (χ2n) is 10.5. The number of methoxy groups -OCH3 is 1. The van der Waals surface area contributed by atoms with Crippen LogP contribution >= 0.6 is 0 Å². The van der Waals surface area contributed by atoms with Gasteiger partial charge in [0.15, 0.2) is 5.43 Å². The number of pyridine rings is 1. The van der Waals surface area contributed by atoms with E-state index in [1.807, 2.05) is 22.9 Å². The third-order valence-electron chi connectivity index (χ3n) is 6.02. The van der Waals surface area contributed by atoms with Crippen LogP contribution in [0.2, 0.25) is 0 Å². The third-order valence-corrected chi connectivity index (χ3v) is 6.02. The average molecular weight is 556 g/mol. The lowest BCUT2D eigenvalue weighted by Crippen LogP contribution is -2.24. The maximum Gasteiger partial charge on any atom is 0.341 e. The number of fused-ring (bicyclic) bond motifs is 5. The van der Waals surface area contributed by atoms with Gasteiger partial charge in [-0.25, -0.2) is 4.79 Å². The van der Waals surface area contributed by atoms with Crippen molar-refractivity contribution in [1.29, 1.82) is 0 Å². The van der Waals surface area contributed by atoms with Crippen LogP contribution in [0.3, 0.4) is 0 Å². The number of aromatic carboxylic acids is 1. The number of aryl methyl sites for hydroxylation is 2. The molecule has 1 N–H and O–H groups in total. The summed E-state index contributed by atoms with van der Waals surface area (Å²) in [5.74, 6) is 0.320. The number of hydrogen-bond acceptors (Lipinski definition) is 6. The zero-order chi connectivity index (χ0) is 29.5. The summed E-state index contributed by atoms with van der Waals surface area (Å²) in [6.45, 7) is 11.2. The highest BCUT2D eigenvalue weighted by Gasteiger charge is 2.24. The fourth-order valence-electron chi connectivity index (χ4n) is 4.25. The van der Waals surface area contributed by atoms with Gasteiger partial charge in [-0.05, 0) is 31.2 Å². The van der Waals surface area contributed by atoms with Crippen molar-refractivity contribution in [2.45, 2.75) is 85.7 Å². The molecule has 9 heteroatoms. The Morgan fingerprint density at radius 3 is 2.42 bits per heavy atom. The number of carboxylic acid groups (broad SMARTS) is 1. The molecule has 9 nitrogen and oxygen atoms in total. The highest BCUT2D eigenvalue weighted by molar-refractivity contribution is 5.96. The molecule has 220 valence electrons. The molecule has 0 bridgehead atoms.